The van der Waals surface area contributed by atoms with Crippen molar-refractivity contribution in [3.8, 4) is 0 Å². The number of halogens is 3. The van der Waals surface area contributed by atoms with Gasteiger partial charge in [-0.3, -0.25) is 0 Å². The first-order valence-corrected chi connectivity index (χ1v) is 9.12. The molecule has 3 heteroatoms. The summed E-state index contributed by atoms with van der Waals surface area (Å²) in [6, 6.07) is 8.28. The van der Waals surface area contributed by atoms with Crippen molar-refractivity contribution in [2.45, 2.75) is 38.5 Å². The molecule has 0 bridgehead atoms. The molecule has 0 aliphatic carbocycles. The van der Waals surface area contributed by atoms with Crippen molar-refractivity contribution in [1.29, 1.82) is 0 Å². The fourth-order valence-corrected chi connectivity index (χ4v) is 4.59. The van der Waals surface area contributed by atoms with Crippen molar-refractivity contribution in [3.63, 3.8) is 0 Å². The van der Waals surface area contributed by atoms with Crippen LogP contribution < -0.4 is 0 Å². The number of rotatable bonds is 7. The zero-order valence-corrected chi connectivity index (χ0v) is 15.0. The van der Waals surface area contributed by atoms with E-state index in [4.69, 9.17) is 11.6 Å². The van der Waals surface area contributed by atoms with Crippen LogP contribution in [-0.4, -0.2) is 10.7 Å². The Morgan fingerprint density at radius 2 is 1.78 bits per heavy atom. The van der Waals surface area contributed by atoms with Gasteiger partial charge in [-0.2, -0.15) is 0 Å². The predicted octanol–water partition coefficient (Wildman–Crippen LogP) is 6.19. The molecule has 0 aliphatic heterocycles. The van der Waals surface area contributed by atoms with E-state index in [1.165, 1.54) is 24.8 Å². The molecule has 0 atom stereocenters. The van der Waals surface area contributed by atoms with Crippen LogP contribution in [0.2, 0.25) is 5.02 Å². The van der Waals surface area contributed by atoms with Gasteiger partial charge in [0.15, 0.2) is 0 Å². The van der Waals surface area contributed by atoms with Gasteiger partial charge in [0, 0.05) is 21.1 Å². The molecule has 0 unspecified atom stereocenters. The van der Waals surface area contributed by atoms with Gasteiger partial charge < -0.3 is 0 Å². The van der Waals surface area contributed by atoms with Gasteiger partial charge >= 0.3 is 0 Å². The van der Waals surface area contributed by atoms with E-state index in [-0.39, 0.29) is 5.41 Å². The molecule has 102 valence electrons. The van der Waals surface area contributed by atoms with Gasteiger partial charge in [-0.1, -0.05) is 82.3 Å². The fraction of sp³-hybridized carbons (Fsp3) is 0.600. The average molecular weight is 397 g/mol. The third-order valence-electron chi connectivity index (χ3n) is 3.78. The van der Waals surface area contributed by atoms with Gasteiger partial charge in [0.2, 0.25) is 0 Å². The molecule has 1 rings (SSSR count). The van der Waals surface area contributed by atoms with Crippen LogP contribution in [0.5, 0.6) is 0 Å². The fourth-order valence-electron chi connectivity index (χ4n) is 2.37. The highest BCUT2D eigenvalue weighted by atomic mass is 79.9. The second-order valence-electron chi connectivity index (χ2n) is 4.94. The summed E-state index contributed by atoms with van der Waals surface area (Å²) < 4.78 is 0. The van der Waals surface area contributed by atoms with Gasteiger partial charge in [0.25, 0.3) is 0 Å². The molecule has 0 spiro atoms. The van der Waals surface area contributed by atoms with Crippen LogP contribution in [0.3, 0.4) is 0 Å². The lowest BCUT2D eigenvalue weighted by Crippen LogP contribution is -2.32. The lowest BCUT2D eigenvalue weighted by molar-refractivity contribution is 0.355. The number of benzene rings is 1. The quantitative estimate of drug-likeness (QED) is 0.482. The maximum atomic E-state index is 6.14. The maximum absolute atomic E-state index is 6.14. The monoisotopic (exact) mass is 394 g/mol. The molecule has 0 saturated carbocycles. The molecule has 18 heavy (non-hydrogen) atoms. The second kappa shape index (κ2) is 7.91. The van der Waals surface area contributed by atoms with Gasteiger partial charge in [0.05, 0.1) is 0 Å². The second-order valence-corrected chi connectivity index (χ2v) is 6.50. The first-order valence-electron chi connectivity index (χ1n) is 6.49. The average Bonchev–Trinajstić information content (AvgIpc) is 2.41. The van der Waals surface area contributed by atoms with E-state index in [1.54, 1.807) is 0 Å². The molecule has 0 radical (unpaired) electrons. The summed E-state index contributed by atoms with van der Waals surface area (Å²) >= 11 is 13.6. The van der Waals surface area contributed by atoms with Gasteiger partial charge in [0.1, 0.15) is 0 Å². The molecule has 0 fully saturated rings. The normalized spacial score (nSPS) is 12.1. The van der Waals surface area contributed by atoms with E-state index in [0.29, 0.717) is 0 Å². The minimum Gasteiger partial charge on any atom is -0.0918 e. The molecular formula is C15H21Br2Cl. The Hall–Kier alpha value is 0.470. The molecule has 0 aromatic heterocycles. The number of hydrogen-bond acceptors (Lipinski definition) is 0. The molecule has 0 amide bonds. The largest absolute Gasteiger partial charge is 0.0918 e. The van der Waals surface area contributed by atoms with E-state index >= 15 is 0 Å². The van der Waals surface area contributed by atoms with Gasteiger partial charge in [-0.15, -0.1) is 0 Å². The third-order valence-corrected chi connectivity index (χ3v) is 6.16. The lowest BCUT2D eigenvalue weighted by Gasteiger charge is -2.34. The maximum Gasteiger partial charge on any atom is 0.0408 e. The van der Waals surface area contributed by atoms with Crippen molar-refractivity contribution in [1.82, 2.24) is 0 Å². The van der Waals surface area contributed by atoms with Crippen LogP contribution in [0, 0.1) is 5.92 Å². The topological polar surface area (TPSA) is 0 Å². The molecule has 0 heterocycles. The Balaban J connectivity index is 3.06. The first kappa shape index (κ1) is 16.5. The van der Waals surface area contributed by atoms with E-state index in [1.807, 2.05) is 12.1 Å². The van der Waals surface area contributed by atoms with Crippen LogP contribution in [0.4, 0.5) is 0 Å². The van der Waals surface area contributed by atoms with Crippen LogP contribution in [-0.2, 0) is 5.41 Å². The Kier molecular flexibility index (Phi) is 7.27. The first-order chi connectivity index (χ1) is 8.61. The predicted molar refractivity (Wildman–Crippen MR) is 89.4 cm³/mol. The van der Waals surface area contributed by atoms with Crippen LogP contribution in [0.1, 0.15) is 38.7 Å². The molecule has 1 aromatic carbocycles. The summed E-state index contributed by atoms with van der Waals surface area (Å²) in [5, 5.41) is 2.74. The van der Waals surface area contributed by atoms with Gasteiger partial charge in [-0.05, 0) is 30.0 Å². The Bertz CT molecular complexity index is 357. The number of alkyl halides is 2. The Labute approximate surface area is 133 Å². The van der Waals surface area contributed by atoms with E-state index in [0.717, 1.165) is 21.6 Å². The van der Waals surface area contributed by atoms with Gasteiger partial charge in [-0.25, -0.2) is 0 Å². The van der Waals surface area contributed by atoms with Crippen molar-refractivity contribution < 1.29 is 0 Å². The number of hydrogen-bond donors (Lipinski definition) is 0. The van der Waals surface area contributed by atoms with E-state index < -0.39 is 0 Å². The Morgan fingerprint density at radius 3 is 2.22 bits per heavy atom. The minimum atomic E-state index is 0.140. The van der Waals surface area contributed by atoms with Crippen LogP contribution in [0.25, 0.3) is 0 Å². The van der Waals surface area contributed by atoms with E-state index in [2.05, 4.69) is 57.8 Å². The lowest BCUT2D eigenvalue weighted by atomic mass is 9.75. The molecule has 1 aromatic rings. The van der Waals surface area contributed by atoms with E-state index in [9.17, 15) is 0 Å². The molecule has 0 aliphatic rings. The zero-order chi connectivity index (χ0) is 13.6. The molecule has 0 N–H and O–H groups in total. The summed E-state index contributed by atoms with van der Waals surface area (Å²) in [7, 11) is 0. The Morgan fingerprint density at radius 1 is 1.17 bits per heavy atom. The van der Waals surface area contributed by atoms with Crippen LogP contribution in [0.15, 0.2) is 24.3 Å². The molecule has 0 saturated heterocycles. The summed E-state index contributed by atoms with van der Waals surface area (Å²) in [5.74, 6) is 0.763. The standard InChI is InChI=1S/C15H21Br2Cl/c1-3-12(4-2)9-15(10-16,11-17)13-6-5-7-14(18)8-13/h5-8,12H,3-4,9-11H2,1-2H3. The van der Waals surface area contributed by atoms with Crippen molar-refractivity contribution >= 4 is 43.5 Å². The van der Waals surface area contributed by atoms with Crippen LogP contribution >= 0.6 is 43.5 Å². The smallest absolute Gasteiger partial charge is 0.0408 e. The zero-order valence-electron chi connectivity index (χ0n) is 11.1. The summed E-state index contributed by atoms with van der Waals surface area (Å²) in [4.78, 5) is 0. The molecular weight excluding hydrogens is 375 g/mol. The highest BCUT2D eigenvalue weighted by Gasteiger charge is 2.32. The van der Waals surface area contributed by atoms with Crippen molar-refractivity contribution in [2.75, 3.05) is 10.7 Å². The van der Waals surface area contributed by atoms with Crippen molar-refractivity contribution in [3.05, 3.63) is 34.9 Å². The highest BCUT2D eigenvalue weighted by Crippen LogP contribution is 2.38. The summed E-state index contributed by atoms with van der Waals surface area (Å²) in [6.45, 7) is 4.55. The SMILES string of the molecule is CCC(CC)CC(CBr)(CBr)c1cccc(Cl)c1. The van der Waals surface area contributed by atoms with Crippen molar-refractivity contribution in [2.24, 2.45) is 5.92 Å². The third kappa shape index (κ3) is 3.98. The molecule has 0 nitrogen and oxygen atoms in total. The minimum absolute atomic E-state index is 0.140. The summed E-state index contributed by atoms with van der Waals surface area (Å²) in [6.07, 6.45) is 3.66. The highest BCUT2D eigenvalue weighted by molar-refractivity contribution is 9.09. The summed E-state index contributed by atoms with van der Waals surface area (Å²) in [5.41, 5.74) is 1.47.